The second-order valence-corrected chi connectivity index (χ2v) is 2.81. The van der Waals surface area contributed by atoms with Crippen LogP contribution >= 0.6 is 0 Å². The Morgan fingerprint density at radius 1 is 1.08 bits per heavy atom. The van der Waals surface area contributed by atoms with E-state index in [1.807, 2.05) is 23.2 Å². The third-order valence-corrected chi connectivity index (χ3v) is 1.72. The van der Waals surface area contributed by atoms with Gasteiger partial charge in [0, 0.05) is 38.6 Å². The third kappa shape index (κ3) is 5.30. The van der Waals surface area contributed by atoms with Crippen molar-refractivity contribution in [3.63, 3.8) is 0 Å². The fraction of sp³-hybridized carbons (Fsp3) is 0.444. The number of hydrogen-bond donors (Lipinski definition) is 2. The molecule has 1 aromatic rings. The molecule has 0 bridgehead atoms. The van der Waals surface area contributed by atoms with E-state index in [2.05, 4.69) is 10.3 Å². The van der Waals surface area contributed by atoms with Crippen LogP contribution in [0.15, 0.2) is 30.6 Å². The lowest BCUT2D eigenvalue weighted by molar-refractivity contribution is 0.248. The number of nitrogens with zero attached hydrogens (tertiary/aromatic N) is 2. The molecule has 0 saturated carbocycles. The smallest absolute Gasteiger partial charge is 0.0267 e. The molecule has 2 rings (SSSR count). The number of rotatable bonds is 0. The van der Waals surface area contributed by atoms with Crippen molar-refractivity contribution < 1.29 is 0 Å². The molecule has 3 N–H and O–H groups in total. The van der Waals surface area contributed by atoms with Crippen molar-refractivity contribution >= 4 is 0 Å². The van der Waals surface area contributed by atoms with Crippen LogP contribution in [0.2, 0.25) is 0 Å². The van der Waals surface area contributed by atoms with Gasteiger partial charge in [-0.1, -0.05) is 6.07 Å². The number of nitrogens with one attached hydrogen (secondary N) is 1. The van der Waals surface area contributed by atoms with Gasteiger partial charge in [0.15, 0.2) is 0 Å². The van der Waals surface area contributed by atoms with E-state index in [1.165, 1.54) is 0 Å². The second-order valence-electron chi connectivity index (χ2n) is 2.81. The molecule has 1 aliphatic heterocycles. The number of hydrogen-bond acceptors (Lipinski definition) is 4. The van der Waals surface area contributed by atoms with Crippen molar-refractivity contribution in [2.45, 2.75) is 0 Å². The van der Waals surface area contributed by atoms with Crippen LogP contribution in [0.1, 0.15) is 0 Å². The molecule has 72 valence electrons. The summed E-state index contributed by atoms with van der Waals surface area (Å²) in [6, 6.07) is 5.72. The Morgan fingerprint density at radius 2 is 1.69 bits per heavy atom. The van der Waals surface area contributed by atoms with Crippen LogP contribution in [-0.2, 0) is 0 Å². The maximum absolute atomic E-state index is 5.43. The summed E-state index contributed by atoms with van der Waals surface area (Å²) in [5, 5.41) is 5.02. The van der Waals surface area contributed by atoms with Gasteiger partial charge in [-0.25, -0.2) is 5.01 Å². The van der Waals surface area contributed by atoms with Crippen LogP contribution in [0.4, 0.5) is 0 Å². The first kappa shape index (κ1) is 10.1. The summed E-state index contributed by atoms with van der Waals surface area (Å²) in [6.07, 6.45) is 3.50. The predicted octanol–water partition coefficient (Wildman–Crippen LogP) is -0.153. The molecule has 0 radical (unpaired) electrons. The Morgan fingerprint density at radius 3 is 1.92 bits per heavy atom. The highest BCUT2D eigenvalue weighted by atomic mass is 15.4. The molecule has 4 nitrogen and oxygen atoms in total. The van der Waals surface area contributed by atoms with Gasteiger partial charge in [0.05, 0.1) is 0 Å². The van der Waals surface area contributed by atoms with E-state index in [1.54, 1.807) is 12.4 Å². The Bertz CT molecular complexity index is 169. The Hall–Kier alpha value is -0.970. The van der Waals surface area contributed by atoms with Gasteiger partial charge >= 0.3 is 0 Å². The number of nitrogens with two attached hydrogens (primary N) is 1. The molecule has 0 atom stereocenters. The summed E-state index contributed by atoms with van der Waals surface area (Å²) in [5.41, 5.74) is 0. The topological polar surface area (TPSA) is 54.2 Å². The van der Waals surface area contributed by atoms with Crippen molar-refractivity contribution in [3.8, 4) is 0 Å². The molecule has 0 aromatic carbocycles. The maximum Gasteiger partial charge on any atom is 0.0267 e. The summed E-state index contributed by atoms with van der Waals surface area (Å²) < 4.78 is 0. The van der Waals surface area contributed by atoms with Gasteiger partial charge in [0.1, 0.15) is 0 Å². The normalized spacial score (nSPS) is 17.3. The van der Waals surface area contributed by atoms with Gasteiger partial charge in [-0.15, -0.1) is 0 Å². The first-order valence-corrected chi connectivity index (χ1v) is 4.45. The van der Waals surface area contributed by atoms with Gasteiger partial charge in [0.25, 0.3) is 0 Å². The minimum absolute atomic E-state index is 0.986. The molecular weight excluding hydrogens is 164 g/mol. The molecule has 1 aromatic heterocycles. The molecule has 0 amide bonds. The van der Waals surface area contributed by atoms with Crippen molar-refractivity contribution in [2.24, 2.45) is 5.84 Å². The number of aromatic nitrogens is 1. The van der Waals surface area contributed by atoms with Crippen molar-refractivity contribution in [1.29, 1.82) is 0 Å². The number of pyridine rings is 1. The van der Waals surface area contributed by atoms with Gasteiger partial charge in [-0.3, -0.25) is 10.8 Å². The molecule has 13 heavy (non-hydrogen) atoms. The molecule has 0 spiro atoms. The standard InChI is InChI=1S/C5H5N.C4H11N3/c1-2-4-6-5-3-1;5-7-3-1-6-2-4-7/h1-5H;6H,1-5H2. The molecule has 4 heteroatoms. The van der Waals surface area contributed by atoms with Crippen LogP contribution < -0.4 is 11.2 Å². The first-order valence-electron chi connectivity index (χ1n) is 4.45. The fourth-order valence-corrected chi connectivity index (χ4v) is 0.995. The molecule has 0 unspecified atom stereocenters. The Labute approximate surface area is 78.7 Å². The first-order chi connectivity index (χ1) is 6.39. The van der Waals surface area contributed by atoms with Crippen LogP contribution in [-0.4, -0.2) is 36.2 Å². The van der Waals surface area contributed by atoms with Crippen LogP contribution in [0.5, 0.6) is 0 Å². The largest absolute Gasteiger partial charge is 0.314 e. The molecule has 2 heterocycles. The molecule has 1 saturated heterocycles. The fourth-order valence-electron chi connectivity index (χ4n) is 0.995. The Balaban J connectivity index is 0.000000132. The van der Waals surface area contributed by atoms with Crippen LogP contribution in [0.25, 0.3) is 0 Å². The van der Waals surface area contributed by atoms with Gasteiger partial charge < -0.3 is 5.32 Å². The van der Waals surface area contributed by atoms with E-state index in [0.29, 0.717) is 0 Å². The van der Waals surface area contributed by atoms with E-state index in [4.69, 9.17) is 5.84 Å². The number of piperazine rings is 1. The molecule has 0 aliphatic carbocycles. The van der Waals surface area contributed by atoms with E-state index in [0.717, 1.165) is 26.2 Å². The number of hydrazine groups is 1. The van der Waals surface area contributed by atoms with Crippen LogP contribution in [0.3, 0.4) is 0 Å². The highest BCUT2D eigenvalue weighted by molar-refractivity contribution is 4.88. The lowest BCUT2D eigenvalue weighted by Gasteiger charge is -2.21. The van der Waals surface area contributed by atoms with Gasteiger partial charge in [-0.05, 0) is 12.1 Å². The summed E-state index contributed by atoms with van der Waals surface area (Å²) in [5.74, 6) is 5.43. The average Bonchev–Trinajstić information content (AvgIpc) is 2.22. The summed E-state index contributed by atoms with van der Waals surface area (Å²) in [6.45, 7) is 4.05. The maximum atomic E-state index is 5.43. The Kier molecular flexibility index (Phi) is 5.08. The van der Waals surface area contributed by atoms with E-state index in [9.17, 15) is 0 Å². The summed E-state index contributed by atoms with van der Waals surface area (Å²) >= 11 is 0. The summed E-state index contributed by atoms with van der Waals surface area (Å²) in [7, 11) is 0. The van der Waals surface area contributed by atoms with Crippen molar-refractivity contribution in [3.05, 3.63) is 30.6 Å². The average molecular weight is 180 g/mol. The van der Waals surface area contributed by atoms with Crippen molar-refractivity contribution in [1.82, 2.24) is 15.3 Å². The van der Waals surface area contributed by atoms with Crippen molar-refractivity contribution in [2.75, 3.05) is 26.2 Å². The molecule has 1 aliphatic rings. The quantitative estimate of drug-likeness (QED) is 0.545. The van der Waals surface area contributed by atoms with E-state index < -0.39 is 0 Å². The lowest BCUT2D eigenvalue weighted by Crippen LogP contribution is -2.47. The zero-order valence-electron chi connectivity index (χ0n) is 7.69. The van der Waals surface area contributed by atoms with Crippen LogP contribution in [0, 0.1) is 0 Å². The zero-order chi connectivity index (χ0) is 9.36. The third-order valence-electron chi connectivity index (χ3n) is 1.72. The second kappa shape index (κ2) is 6.54. The molecule has 1 fully saturated rings. The van der Waals surface area contributed by atoms with E-state index in [-0.39, 0.29) is 0 Å². The molecular formula is C9H16N4. The monoisotopic (exact) mass is 180 g/mol. The minimum atomic E-state index is 0.986. The minimum Gasteiger partial charge on any atom is -0.314 e. The SMILES string of the molecule is NN1CCNCC1.c1ccncc1. The lowest BCUT2D eigenvalue weighted by atomic mass is 10.4. The zero-order valence-corrected chi connectivity index (χ0v) is 7.69. The summed E-state index contributed by atoms with van der Waals surface area (Å²) in [4.78, 5) is 3.78. The highest BCUT2D eigenvalue weighted by Crippen LogP contribution is 1.79. The van der Waals surface area contributed by atoms with Gasteiger partial charge in [0.2, 0.25) is 0 Å². The highest BCUT2D eigenvalue weighted by Gasteiger charge is 2.01. The predicted molar refractivity (Wildman–Crippen MR) is 52.9 cm³/mol. The van der Waals surface area contributed by atoms with E-state index >= 15 is 0 Å². The van der Waals surface area contributed by atoms with Gasteiger partial charge in [-0.2, -0.15) is 0 Å².